The second-order valence-electron chi connectivity index (χ2n) is 4.61. The van der Waals surface area contributed by atoms with E-state index in [1.54, 1.807) is 7.05 Å². The molecule has 0 unspecified atom stereocenters. The number of hydrogen-bond donors (Lipinski definition) is 2. The van der Waals surface area contributed by atoms with Crippen molar-refractivity contribution in [3.63, 3.8) is 0 Å². The number of anilines is 2. The number of nitrogens with zero attached hydrogens (tertiary/aromatic N) is 2. The maximum atomic E-state index is 11.9. The minimum Gasteiger partial charge on any atom is -0.382 e. The molecule has 0 radical (unpaired) electrons. The summed E-state index contributed by atoms with van der Waals surface area (Å²) < 4.78 is 4.09. The van der Waals surface area contributed by atoms with E-state index in [2.05, 4.69) is 28.7 Å². The van der Waals surface area contributed by atoms with E-state index in [1.165, 1.54) is 22.7 Å². The Hall–Kier alpha value is -2.08. The Kier molecular flexibility index (Phi) is 4.24. The van der Waals surface area contributed by atoms with Crippen molar-refractivity contribution >= 4 is 28.3 Å². The van der Waals surface area contributed by atoms with Gasteiger partial charge in [0.05, 0.1) is 0 Å². The molecule has 2 aromatic rings. The van der Waals surface area contributed by atoms with Gasteiger partial charge < -0.3 is 16.0 Å². The number of carbonyl (C=O) groups is 1. The van der Waals surface area contributed by atoms with E-state index in [-0.39, 0.29) is 11.7 Å². The third-order valence-corrected chi connectivity index (χ3v) is 4.15. The lowest BCUT2D eigenvalue weighted by Gasteiger charge is -2.19. The molecule has 2 rings (SSSR count). The van der Waals surface area contributed by atoms with Crippen LogP contribution in [0.15, 0.2) is 24.3 Å². The van der Waals surface area contributed by atoms with E-state index in [1.807, 2.05) is 24.1 Å². The first-order valence-electron chi connectivity index (χ1n) is 6.27. The Morgan fingerprint density at radius 1 is 1.45 bits per heavy atom. The molecule has 5 nitrogen and oxygen atoms in total. The molecule has 106 valence electrons. The summed E-state index contributed by atoms with van der Waals surface area (Å²) in [5, 5.41) is 3.38. The van der Waals surface area contributed by atoms with Gasteiger partial charge in [-0.3, -0.25) is 4.79 Å². The van der Waals surface area contributed by atoms with Gasteiger partial charge in [0.15, 0.2) is 5.82 Å². The first-order chi connectivity index (χ1) is 9.54. The van der Waals surface area contributed by atoms with Crippen LogP contribution in [0.25, 0.3) is 0 Å². The summed E-state index contributed by atoms with van der Waals surface area (Å²) in [6.45, 7) is 2.78. The van der Waals surface area contributed by atoms with E-state index in [0.717, 1.165) is 5.00 Å². The summed E-state index contributed by atoms with van der Waals surface area (Å²) in [4.78, 5) is 13.9. The molecular weight excluding hydrogens is 272 g/mol. The summed E-state index contributed by atoms with van der Waals surface area (Å²) in [6.07, 6.45) is 0. The highest BCUT2D eigenvalue weighted by Gasteiger charge is 2.21. The lowest BCUT2D eigenvalue weighted by Crippen LogP contribution is -2.23. The van der Waals surface area contributed by atoms with Gasteiger partial charge in [-0.2, -0.15) is 4.37 Å². The highest BCUT2D eigenvalue weighted by Crippen LogP contribution is 2.30. The average Bonchev–Trinajstić information content (AvgIpc) is 2.82. The molecule has 1 amide bonds. The number of aryl methyl sites for hydroxylation is 1. The van der Waals surface area contributed by atoms with Crippen molar-refractivity contribution in [1.29, 1.82) is 0 Å². The van der Waals surface area contributed by atoms with Crippen LogP contribution in [0.3, 0.4) is 0 Å². The quantitative estimate of drug-likeness (QED) is 0.904. The number of rotatable bonds is 4. The Morgan fingerprint density at radius 3 is 2.80 bits per heavy atom. The molecule has 20 heavy (non-hydrogen) atoms. The average molecular weight is 290 g/mol. The van der Waals surface area contributed by atoms with Crippen LogP contribution in [-0.4, -0.2) is 24.4 Å². The molecule has 6 heteroatoms. The largest absolute Gasteiger partial charge is 0.382 e. The normalized spacial score (nSPS) is 10.3. The maximum absolute atomic E-state index is 11.9. The van der Waals surface area contributed by atoms with Gasteiger partial charge in [-0.1, -0.05) is 24.3 Å². The van der Waals surface area contributed by atoms with Gasteiger partial charge in [-0.15, -0.1) is 0 Å². The van der Waals surface area contributed by atoms with Gasteiger partial charge in [0.1, 0.15) is 10.6 Å². The van der Waals surface area contributed by atoms with Crippen LogP contribution < -0.4 is 16.0 Å². The van der Waals surface area contributed by atoms with E-state index < -0.39 is 0 Å². The summed E-state index contributed by atoms with van der Waals surface area (Å²) >= 11 is 1.24. The molecule has 0 spiro atoms. The zero-order valence-electron chi connectivity index (χ0n) is 11.8. The van der Waals surface area contributed by atoms with E-state index in [4.69, 9.17) is 5.73 Å². The SMILES string of the molecule is CNC(=O)c1c(N)nsc1N(C)Cc1ccccc1C. The van der Waals surface area contributed by atoms with Crippen LogP contribution in [-0.2, 0) is 6.54 Å². The number of aromatic nitrogens is 1. The minimum absolute atomic E-state index is 0.206. The Balaban J connectivity index is 2.28. The Bertz CT molecular complexity index is 623. The van der Waals surface area contributed by atoms with E-state index in [0.29, 0.717) is 12.1 Å². The van der Waals surface area contributed by atoms with Crippen molar-refractivity contribution in [2.75, 3.05) is 24.7 Å². The number of nitrogens with one attached hydrogen (secondary N) is 1. The fourth-order valence-electron chi connectivity index (χ4n) is 2.01. The van der Waals surface area contributed by atoms with Crippen LogP contribution in [0.5, 0.6) is 0 Å². The zero-order valence-corrected chi connectivity index (χ0v) is 12.6. The van der Waals surface area contributed by atoms with Gasteiger partial charge in [0, 0.05) is 20.6 Å². The standard InChI is InChI=1S/C14H18N4OS/c1-9-6-4-5-7-10(9)8-18(3)14-11(13(19)16-2)12(15)17-20-14/h4-7H,8H2,1-3H3,(H2,15,17)(H,16,19). The zero-order chi connectivity index (χ0) is 14.7. The molecule has 0 aliphatic carbocycles. The fraction of sp³-hybridized carbons (Fsp3) is 0.286. The molecule has 0 bridgehead atoms. The predicted octanol–water partition coefficient (Wildman–Crippen LogP) is 2.03. The molecular formula is C14H18N4OS. The topological polar surface area (TPSA) is 71.2 Å². The molecule has 0 fully saturated rings. The van der Waals surface area contributed by atoms with Crippen LogP contribution >= 0.6 is 11.5 Å². The third-order valence-electron chi connectivity index (χ3n) is 3.17. The van der Waals surface area contributed by atoms with Crippen LogP contribution in [0.1, 0.15) is 21.5 Å². The van der Waals surface area contributed by atoms with Crippen molar-refractivity contribution in [2.24, 2.45) is 0 Å². The van der Waals surface area contributed by atoms with Crippen molar-refractivity contribution in [3.8, 4) is 0 Å². The number of benzene rings is 1. The van der Waals surface area contributed by atoms with Crippen molar-refractivity contribution < 1.29 is 4.79 Å². The van der Waals surface area contributed by atoms with Gasteiger partial charge in [-0.25, -0.2) is 0 Å². The molecule has 0 aliphatic heterocycles. The van der Waals surface area contributed by atoms with Crippen LogP contribution in [0.2, 0.25) is 0 Å². The predicted molar refractivity (Wildman–Crippen MR) is 83.2 cm³/mol. The van der Waals surface area contributed by atoms with Crippen LogP contribution in [0, 0.1) is 6.92 Å². The molecule has 1 aromatic carbocycles. The van der Waals surface area contributed by atoms with Crippen molar-refractivity contribution in [1.82, 2.24) is 9.69 Å². The lowest BCUT2D eigenvalue weighted by molar-refractivity contribution is 0.0964. The van der Waals surface area contributed by atoms with Gasteiger partial charge in [-0.05, 0) is 29.6 Å². The van der Waals surface area contributed by atoms with E-state index >= 15 is 0 Å². The van der Waals surface area contributed by atoms with Gasteiger partial charge >= 0.3 is 0 Å². The number of nitrogens with two attached hydrogens (primary N) is 1. The summed E-state index contributed by atoms with van der Waals surface area (Å²) in [7, 11) is 3.52. The second-order valence-corrected chi connectivity index (χ2v) is 5.36. The molecule has 3 N–H and O–H groups in total. The monoisotopic (exact) mass is 290 g/mol. The molecule has 1 heterocycles. The molecule has 0 aliphatic rings. The summed E-state index contributed by atoms with van der Waals surface area (Å²) in [5.41, 5.74) is 8.68. The third kappa shape index (κ3) is 2.75. The highest BCUT2D eigenvalue weighted by molar-refractivity contribution is 7.11. The first-order valence-corrected chi connectivity index (χ1v) is 7.04. The molecule has 1 aromatic heterocycles. The summed E-state index contributed by atoms with van der Waals surface area (Å²) in [6, 6.07) is 8.18. The van der Waals surface area contributed by atoms with Crippen molar-refractivity contribution in [2.45, 2.75) is 13.5 Å². The van der Waals surface area contributed by atoms with Crippen LogP contribution in [0.4, 0.5) is 10.8 Å². The van der Waals surface area contributed by atoms with Crippen molar-refractivity contribution in [3.05, 3.63) is 41.0 Å². The number of carbonyl (C=O) groups excluding carboxylic acids is 1. The maximum Gasteiger partial charge on any atom is 0.257 e. The Morgan fingerprint density at radius 2 is 2.15 bits per heavy atom. The number of amides is 1. The number of nitrogen functional groups attached to an aromatic ring is 1. The second kappa shape index (κ2) is 5.92. The summed E-state index contributed by atoms with van der Waals surface area (Å²) in [5.74, 6) is 0.0730. The highest BCUT2D eigenvalue weighted by atomic mass is 32.1. The number of hydrogen-bond acceptors (Lipinski definition) is 5. The lowest BCUT2D eigenvalue weighted by atomic mass is 10.1. The minimum atomic E-state index is -0.206. The Labute approximate surface area is 122 Å². The molecule has 0 atom stereocenters. The smallest absolute Gasteiger partial charge is 0.257 e. The van der Waals surface area contributed by atoms with E-state index in [9.17, 15) is 4.79 Å². The first kappa shape index (κ1) is 14.3. The van der Waals surface area contributed by atoms with Gasteiger partial charge in [0.2, 0.25) is 0 Å². The molecule has 0 saturated heterocycles. The van der Waals surface area contributed by atoms with Gasteiger partial charge in [0.25, 0.3) is 5.91 Å². The fourth-order valence-corrected chi connectivity index (χ4v) is 2.78. The molecule has 0 saturated carbocycles.